The zero-order valence-corrected chi connectivity index (χ0v) is 12.6. The van der Waals surface area contributed by atoms with E-state index in [1.807, 2.05) is 36.4 Å². The Kier molecular flexibility index (Phi) is 5.48. The Morgan fingerprint density at radius 1 is 1.04 bits per heavy atom. The van der Waals surface area contributed by atoms with Crippen LogP contribution in [0.5, 0.6) is 0 Å². The van der Waals surface area contributed by atoms with Crippen molar-refractivity contribution in [1.82, 2.24) is 4.90 Å². The Hall–Kier alpha value is -3.13. The van der Waals surface area contributed by atoms with Crippen LogP contribution in [0.15, 0.2) is 54.6 Å². The second-order valence-electron chi connectivity index (χ2n) is 5.12. The molecule has 2 aromatic rings. The third-order valence-corrected chi connectivity index (χ3v) is 3.39. The van der Waals surface area contributed by atoms with Gasteiger partial charge in [-0.2, -0.15) is 5.26 Å². The lowest BCUT2D eigenvalue weighted by Gasteiger charge is -2.22. The van der Waals surface area contributed by atoms with E-state index in [0.717, 1.165) is 5.56 Å². The molecule has 0 aliphatic heterocycles. The van der Waals surface area contributed by atoms with E-state index in [-0.39, 0.29) is 18.9 Å². The van der Waals surface area contributed by atoms with Crippen LogP contribution in [-0.4, -0.2) is 23.3 Å². The summed E-state index contributed by atoms with van der Waals surface area (Å²) >= 11 is 0. The van der Waals surface area contributed by atoms with Crippen molar-refractivity contribution in [1.29, 1.82) is 5.26 Å². The summed E-state index contributed by atoms with van der Waals surface area (Å²) in [6, 6.07) is 18.0. The topological polar surface area (TPSA) is 87.2 Å². The van der Waals surface area contributed by atoms with Gasteiger partial charge in [0, 0.05) is 25.1 Å². The molecule has 2 amide bonds. The quantitative estimate of drug-likeness (QED) is 0.886. The van der Waals surface area contributed by atoms with E-state index in [4.69, 9.17) is 11.0 Å². The summed E-state index contributed by atoms with van der Waals surface area (Å²) in [4.78, 5) is 25.3. The lowest BCUT2D eigenvalue weighted by molar-refractivity contribution is -0.118. The van der Waals surface area contributed by atoms with Gasteiger partial charge in [0.1, 0.15) is 0 Å². The molecule has 0 saturated heterocycles. The van der Waals surface area contributed by atoms with Crippen LogP contribution in [0.4, 0.5) is 0 Å². The molecule has 0 aliphatic rings. The molecule has 0 unspecified atom stereocenters. The van der Waals surface area contributed by atoms with Crippen molar-refractivity contribution < 1.29 is 9.59 Å². The molecule has 0 spiro atoms. The molecule has 23 heavy (non-hydrogen) atoms. The zero-order valence-electron chi connectivity index (χ0n) is 12.6. The van der Waals surface area contributed by atoms with Gasteiger partial charge in [0.15, 0.2) is 0 Å². The SMILES string of the molecule is N#Cc1ccc(C(=O)N(CCC(N)=O)Cc2ccccc2)cc1. The summed E-state index contributed by atoms with van der Waals surface area (Å²) in [7, 11) is 0. The molecule has 0 fully saturated rings. The molecule has 0 atom stereocenters. The van der Waals surface area contributed by atoms with Crippen LogP contribution in [-0.2, 0) is 11.3 Å². The molecule has 5 nitrogen and oxygen atoms in total. The van der Waals surface area contributed by atoms with E-state index in [1.165, 1.54) is 0 Å². The fraction of sp³-hybridized carbons (Fsp3) is 0.167. The van der Waals surface area contributed by atoms with Gasteiger partial charge in [-0.05, 0) is 29.8 Å². The first-order valence-electron chi connectivity index (χ1n) is 7.22. The number of benzene rings is 2. The third kappa shape index (κ3) is 4.68. The van der Waals surface area contributed by atoms with Crippen molar-refractivity contribution in [3.05, 3.63) is 71.3 Å². The largest absolute Gasteiger partial charge is 0.370 e. The maximum Gasteiger partial charge on any atom is 0.254 e. The average Bonchev–Trinajstić information content (AvgIpc) is 2.59. The van der Waals surface area contributed by atoms with Gasteiger partial charge >= 0.3 is 0 Å². The van der Waals surface area contributed by atoms with Crippen LogP contribution in [0, 0.1) is 11.3 Å². The number of nitrogens with two attached hydrogens (primary N) is 1. The van der Waals surface area contributed by atoms with Gasteiger partial charge < -0.3 is 10.6 Å². The normalized spacial score (nSPS) is 9.87. The van der Waals surface area contributed by atoms with E-state index in [1.54, 1.807) is 29.2 Å². The lowest BCUT2D eigenvalue weighted by atomic mass is 10.1. The fourth-order valence-corrected chi connectivity index (χ4v) is 2.17. The highest BCUT2D eigenvalue weighted by molar-refractivity contribution is 5.94. The number of hydrogen-bond donors (Lipinski definition) is 1. The van der Waals surface area contributed by atoms with Crippen molar-refractivity contribution in [2.45, 2.75) is 13.0 Å². The summed E-state index contributed by atoms with van der Waals surface area (Å²) in [6.45, 7) is 0.649. The first kappa shape index (κ1) is 16.2. The monoisotopic (exact) mass is 307 g/mol. The maximum absolute atomic E-state index is 12.7. The average molecular weight is 307 g/mol. The molecular formula is C18H17N3O2. The van der Waals surface area contributed by atoms with Crippen molar-refractivity contribution in [3.63, 3.8) is 0 Å². The number of carbonyl (C=O) groups is 2. The highest BCUT2D eigenvalue weighted by Crippen LogP contribution is 2.12. The van der Waals surface area contributed by atoms with Gasteiger partial charge in [0.25, 0.3) is 5.91 Å². The lowest BCUT2D eigenvalue weighted by Crippen LogP contribution is -2.33. The van der Waals surface area contributed by atoms with Crippen molar-refractivity contribution in [2.24, 2.45) is 5.73 Å². The molecule has 0 heterocycles. The summed E-state index contributed by atoms with van der Waals surface area (Å²) in [5.74, 6) is -0.643. The predicted octanol–water partition coefficient (Wildman–Crippen LogP) is 2.08. The van der Waals surface area contributed by atoms with Gasteiger partial charge in [-0.1, -0.05) is 30.3 Å². The van der Waals surface area contributed by atoms with Crippen LogP contribution in [0.25, 0.3) is 0 Å². The molecule has 2 N–H and O–H groups in total. The number of nitriles is 1. The van der Waals surface area contributed by atoms with Crippen molar-refractivity contribution in [3.8, 4) is 6.07 Å². The maximum atomic E-state index is 12.7. The minimum Gasteiger partial charge on any atom is -0.370 e. The standard InChI is InChI=1S/C18H17N3O2/c19-12-14-6-8-16(9-7-14)18(23)21(11-10-17(20)22)13-15-4-2-1-3-5-15/h1-9H,10-11,13H2,(H2,20,22). The Morgan fingerprint density at radius 2 is 1.70 bits per heavy atom. The highest BCUT2D eigenvalue weighted by atomic mass is 16.2. The van der Waals surface area contributed by atoms with E-state index in [2.05, 4.69) is 0 Å². The summed E-state index contributed by atoms with van der Waals surface area (Å²) in [5, 5.41) is 8.82. The van der Waals surface area contributed by atoms with Gasteiger partial charge in [-0.25, -0.2) is 0 Å². The molecule has 116 valence electrons. The molecule has 5 heteroatoms. The smallest absolute Gasteiger partial charge is 0.254 e. The number of primary amides is 1. The molecule has 0 radical (unpaired) electrons. The number of carbonyl (C=O) groups excluding carboxylic acids is 2. The minimum absolute atomic E-state index is 0.106. The Labute approximate surface area is 134 Å². The molecule has 0 aliphatic carbocycles. The molecule has 2 rings (SSSR count). The molecule has 0 bridgehead atoms. The van der Waals surface area contributed by atoms with E-state index < -0.39 is 5.91 Å². The van der Waals surface area contributed by atoms with Crippen LogP contribution in [0.2, 0.25) is 0 Å². The van der Waals surface area contributed by atoms with E-state index in [9.17, 15) is 9.59 Å². The van der Waals surface area contributed by atoms with Crippen molar-refractivity contribution >= 4 is 11.8 Å². The first-order valence-corrected chi connectivity index (χ1v) is 7.22. The Bertz CT molecular complexity index is 718. The zero-order chi connectivity index (χ0) is 16.7. The van der Waals surface area contributed by atoms with Crippen LogP contribution in [0.1, 0.15) is 27.9 Å². The minimum atomic E-state index is -0.448. The highest BCUT2D eigenvalue weighted by Gasteiger charge is 2.16. The van der Waals surface area contributed by atoms with Crippen LogP contribution in [0.3, 0.4) is 0 Å². The Morgan fingerprint density at radius 3 is 2.26 bits per heavy atom. The second-order valence-corrected chi connectivity index (χ2v) is 5.12. The number of rotatable bonds is 6. The summed E-state index contributed by atoms with van der Waals surface area (Å²) < 4.78 is 0. The van der Waals surface area contributed by atoms with Crippen molar-refractivity contribution in [2.75, 3.05) is 6.54 Å². The first-order chi connectivity index (χ1) is 11.1. The fourth-order valence-electron chi connectivity index (χ4n) is 2.17. The van der Waals surface area contributed by atoms with Gasteiger partial charge in [-0.3, -0.25) is 9.59 Å². The van der Waals surface area contributed by atoms with Crippen LogP contribution < -0.4 is 5.73 Å². The predicted molar refractivity (Wildman–Crippen MR) is 86.2 cm³/mol. The second kappa shape index (κ2) is 7.76. The molecule has 0 aromatic heterocycles. The summed E-state index contributed by atoms with van der Waals surface area (Å²) in [6.07, 6.45) is 0.106. The molecule has 2 aromatic carbocycles. The molecular weight excluding hydrogens is 290 g/mol. The summed E-state index contributed by atoms with van der Waals surface area (Å²) in [5.41, 5.74) is 7.14. The number of hydrogen-bond acceptors (Lipinski definition) is 3. The van der Waals surface area contributed by atoms with E-state index in [0.29, 0.717) is 17.7 Å². The Balaban J connectivity index is 2.18. The number of nitrogens with zero attached hydrogens (tertiary/aromatic N) is 2. The number of amides is 2. The van der Waals surface area contributed by atoms with Gasteiger partial charge in [-0.15, -0.1) is 0 Å². The molecule has 0 saturated carbocycles. The van der Waals surface area contributed by atoms with E-state index >= 15 is 0 Å². The third-order valence-electron chi connectivity index (χ3n) is 3.39. The van der Waals surface area contributed by atoms with Gasteiger partial charge in [0.05, 0.1) is 11.6 Å². The van der Waals surface area contributed by atoms with Gasteiger partial charge in [0.2, 0.25) is 5.91 Å². The van der Waals surface area contributed by atoms with Crippen LogP contribution >= 0.6 is 0 Å².